The van der Waals surface area contributed by atoms with Gasteiger partial charge in [0.1, 0.15) is 0 Å². The van der Waals surface area contributed by atoms with Crippen molar-refractivity contribution in [3.63, 3.8) is 0 Å². The van der Waals surface area contributed by atoms with E-state index in [2.05, 4.69) is 9.97 Å². The first-order valence-corrected chi connectivity index (χ1v) is 11.2. The number of rotatable bonds is 4. The second-order valence-electron chi connectivity index (χ2n) is 8.83. The molecular formula is C26H21F3N4O4. The minimum atomic E-state index is -4.57. The monoisotopic (exact) mass is 510 g/mol. The van der Waals surface area contributed by atoms with Crippen LogP contribution in [0.4, 0.5) is 23.9 Å². The second-order valence-corrected chi connectivity index (χ2v) is 8.83. The summed E-state index contributed by atoms with van der Waals surface area (Å²) >= 11 is 0. The molecular weight excluding hydrogens is 489 g/mol. The number of aromatic nitrogens is 2. The van der Waals surface area contributed by atoms with E-state index in [9.17, 15) is 33.0 Å². The Bertz CT molecular complexity index is 1550. The molecule has 8 nitrogen and oxygen atoms in total. The molecule has 0 bridgehead atoms. The zero-order chi connectivity index (χ0) is 26.7. The van der Waals surface area contributed by atoms with Crippen molar-refractivity contribution < 1.29 is 33.0 Å². The van der Waals surface area contributed by atoms with Gasteiger partial charge < -0.3 is 15.2 Å². The third-order valence-corrected chi connectivity index (χ3v) is 6.66. The van der Waals surface area contributed by atoms with Crippen molar-refractivity contribution in [1.82, 2.24) is 14.9 Å². The Labute approximate surface area is 208 Å². The van der Waals surface area contributed by atoms with E-state index in [0.717, 1.165) is 21.9 Å². The number of amides is 2. The van der Waals surface area contributed by atoms with Gasteiger partial charge in [-0.15, -0.1) is 0 Å². The number of benzene rings is 3. The quantitative estimate of drug-likeness (QED) is 0.354. The number of carbonyl (C=O) groups excluding carboxylic acids is 1. The largest absolute Gasteiger partial charge is 0.465 e. The van der Waals surface area contributed by atoms with Gasteiger partial charge in [0.25, 0.3) is 5.91 Å². The predicted octanol–water partition coefficient (Wildman–Crippen LogP) is 5.11. The highest BCUT2D eigenvalue weighted by Gasteiger charge is 2.52. The number of H-pyrrole nitrogens is 1. The standard InChI is InChI=1S/C26H21F3N4O4/c1-14(15-6-5-7-17(12-15)26(27,28)29)33-22(34)18-8-3-4-9-19(18)25(33,37)16-10-11-20-21(13-16)31-23(30-20)32(2)24(35)36/h3-14,37H,1-2H3,(H,30,31)(H,35,36). The van der Waals surface area contributed by atoms with Crippen LogP contribution in [0.15, 0.2) is 66.7 Å². The molecule has 1 aromatic heterocycles. The van der Waals surface area contributed by atoms with Gasteiger partial charge in [0.15, 0.2) is 5.72 Å². The topological polar surface area (TPSA) is 110 Å². The summed E-state index contributed by atoms with van der Waals surface area (Å²) in [6.07, 6.45) is -5.80. The van der Waals surface area contributed by atoms with Gasteiger partial charge in [-0.3, -0.25) is 14.6 Å². The normalized spacial score (nSPS) is 18.2. The van der Waals surface area contributed by atoms with E-state index in [1.165, 1.54) is 19.2 Å². The highest BCUT2D eigenvalue weighted by Crippen LogP contribution is 2.47. The van der Waals surface area contributed by atoms with Gasteiger partial charge in [-0.1, -0.05) is 36.4 Å². The maximum Gasteiger partial charge on any atom is 0.416 e. The Morgan fingerprint density at radius 3 is 2.54 bits per heavy atom. The molecule has 3 N–H and O–H groups in total. The summed E-state index contributed by atoms with van der Waals surface area (Å²) in [5.74, 6) is -0.484. The molecule has 0 radical (unpaired) electrons. The number of halogens is 3. The summed E-state index contributed by atoms with van der Waals surface area (Å²) in [6.45, 7) is 1.55. The molecule has 0 fully saturated rings. The van der Waals surface area contributed by atoms with Crippen LogP contribution in [0.3, 0.4) is 0 Å². The number of imidazole rings is 1. The van der Waals surface area contributed by atoms with Crippen molar-refractivity contribution in [2.75, 3.05) is 11.9 Å². The van der Waals surface area contributed by atoms with Crippen LogP contribution in [0.25, 0.3) is 11.0 Å². The van der Waals surface area contributed by atoms with Gasteiger partial charge in [-0.25, -0.2) is 9.78 Å². The molecule has 3 aromatic carbocycles. The summed E-state index contributed by atoms with van der Waals surface area (Å²) in [5, 5.41) is 21.5. The van der Waals surface area contributed by atoms with Gasteiger partial charge in [-0.2, -0.15) is 13.2 Å². The average Bonchev–Trinajstić information content (AvgIpc) is 3.40. The second kappa shape index (κ2) is 8.34. The fourth-order valence-corrected chi connectivity index (χ4v) is 4.72. The Morgan fingerprint density at radius 2 is 1.84 bits per heavy atom. The average molecular weight is 510 g/mol. The molecule has 0 spiro atoms. The fraction of sp³-hybridized carbons (Fsp3) is 0.192. The third-order valence-electron chi connectivity index (χ3n) is 6.66. The van der Waals surface area contributed by atoms with Crippen LogP contribution < -0.4 is 4.90 Å². The summed E-state index contributed by atoms with van der Waals surface area (Å²) in [7, 11) is 1.32. The van der Waals surface area contributed by atoms with Crippen molar-refractivity contribution in [1.29, 1.82) is 0 Å². The Kier molecular flexibility index (Phi) is 5.48. The van der Waals surface area contributed by atoms with Gasteiger partial charge in [0, 0.05) is 23.7 Å². The molecule has 4 aromatic rings. The van der Waals surface area contributed by atoms with E-state index in [0.29, 0.717) is 11.0 Å². The maximum absolute atomic E-state index is 13.6. The van der Waals surface area contributed by atoms with Crippen LogP contribution in [-0.2, 0) is 11.9 Å². The number of alkyl halides is 3. The number of carboxylic acid groups (broad SMARTS) is 1. The maximum atomic E-state index is 13.6. The molecule has 37 heavy (non-hydrogen) atoms. The predicted molar refractivity (Wildman–Crippen MR) is 128 cm³/mol. The highest BCUT2D eigenvalue weighted by atomic mass is 19.4. The molecule has 2 amide bonds. The molecule has 0 aliphatic carbocycles. The minimum absolute atomic E-state index is 0.0590. The molecule has 2 heterocycles. The van der Waals surface area contributed by atoms with Gasteiger partial charge in [-0.05, 0) is 42.8 Å². The summed E-state index contributed by atoms with van der Waals surface area (Å²) in [4.78, 5) is 34.1. The zero-order valence-electron chi connectivity index (χ0n) is 19.6. The molecule has 2 unspecified atom stereocenters. The van der Waals surface area contributed by atoms with Crippen LogP contribution in [0.2, 0.25) is 0 Å². The SMILES string of the molecule is CC(c1cccc(C(F)(F)F)c1)N1C(=O)c2ccccc2C1(O)c1ccc2nc(N(C)C(=O)O)[nH]c2c1. The van der Waals surface area contributed by atoms with E-state index >= 15 is 0 Å². The van der Waals surface area contributed by atoms with Crippen LogP contribution in [0.1, 0.15) is 45.6 Å². The molecule has 190 valence electrons. The lowest BCUT2D eigenvalue weighted by atomic mass is 9.92. The van der Waals surface area contributed by atoms with Gasteiger partial charge >= 0.3 is 12.3 Å². The number of hydrogen-bond donors (Lipinski definition) is 3. The summed E-state index contributed by atoms with van der Waals surface area (Å²) in [5.41, 5.74) is -1.12. The number of aliphatic hydroxyl groups is 1. The highest BCUT2D eigenvalue weighted by molar-refractivity contribution is 6.01. The van der Waals surface area contributed by atoms with E-state index in [1.54, 1.807) is 49.4 Å². The third kappa shape index (κ3) is 3.78. The van der Waals surface area contributed by atoms with E-state index in [4.69, 9.17) is 0 Å². The minimum Gasteiger partial charge on any atom is -0.465 e. The molecule has 1 aliphatic rings. The molecule has 2 atom stereocenters. The number of nitrogens with one attached hydrogen (secondary N) is 1. The molecule has 0 saturated carbocycles. The zero-order valence-corrected chi connectivity index (χ0v) is 19.6. The fourth-order valence-electron chi connectivity index (χ4n) is 4.72. The number of aromatic amines is 1. The number of carbonyl (C=O) groups is 2. The lowest BCUT2D eigenvalue weighted by molar-refractivity contribution is -0.137. The van der Waals surface area contributed by atoms with Crippen molar-refractivity contribution in [2.24, 2.45) is 0 Å². The number of anilines is 1. The number of fused-ring (bicyclic) bond motifs is 2. The Balaban J connectivity index is 1.66. The van der Waals surface area contributed by atoms with E-state index < -0.39 is 35.5 Å². The Hall–Kier alpha value is -4.38. The summed E-state index contributed by atoms with van der Waals surface area (Å²) < 4.78 is 40.2. The van der Waals surface area contributed by atoms with Crippen molar-refractivity contribution >= 4 is 29.0 Å². The first-order chi connectivity index (χ1) is 17.4. The number of nitrogens with zero attached hydrogens (tertiary/aromatic N) is 3. The molecule has 0 saturated heterocycles. The van der Waals surface area contributed by atoms with Crippen molar-refractivity contribution in [3.8, 4) is 0 Å². The van der Waals surface area contributed by atoms with Gasteiger partial charge in [0.2, 0.25) is 5.95 Å². The lowest BCUT2D eigenvalue weighted by Gasteiger charge is -2.39. The lowest BCUT2D eigenvalue weighted by Crippen LogP contribution is -2.46. The molecule has 1 aliphatic heterocycles. The van der Waals surface area contributed by atoms with Crippen LogP contribution in [0, 0.1) is 0 Å². The Morgan fingerprint density at radius 1 is 1.11 bits per heavy atom. The van der Waals surface area contributed by atoms with Crippen LogP contribution in [0.5, 0.6) is 0 Å². The van der Waals surface area contributed by atoms with Crippen LogP contribution >= 0.6 is 0 Å². The summed E-state index contributed by atoms with van der Waals surface area (Å²) in [6, 6.07) is 14.8. The van der Waals surface area contributed by atoms with Crippen molar-refractivity contribution in [3.05, 3.63) is 94.5 Å². The van der Waals surface area contributed by atoms with E-state index in [-0.39, 0.29) is 28.2 Å². The first-order valence-electron chi connectivity index (χ1n) is 11.2. The van der Waals surface area contributed by atoms with Crippen LogP contribution in [-0.4, -0.2) is 44.1 Å². The van der Waals surface area contributed by atoms with E-state index in [1.807, 2.05) is 0 Å². The number of hydrogen-bond acceptors (Lipinski definition) is 4. The van der Waals surface area contributed by atoms with Crippen molar-refractivity contribution in [2.45, 2.75) is 24.9 Å². The smallest absolute Gasteiger partial charge is 0.416 e. The first kappa shape index (κ1) is 24.3. The van der Waals surface area contributed by atoms with Gasteiger partial charge in [0.05, 0.1) is 22.6 Å². The molecule has 5 rings (SSSR count). The molecule has 11 heteroatoms.